The van der Waals surface area contributed by atoms with Gasteiger partial charge in [0.2, 0.25) is 10.0 Å². The highest BCUT2D eigenvalue weighted by molar-refractivity contribution is 7.89. The van der Waals surface area contributed by atoms with Gasteiger partial charge in [0.1, 0.15) is 5.75 Å². The molecule has 0 saturated carbocycles. The molecule has 2 aromatic rings. The van der Waals surface area contributed by atoms with Crippen molar-refractivity contribution in [1.29, 1.82) is 0 Å². The molecule has 4 rings (SSSR count). The molecule has 1 saturated heterocycles. The zero-order chi connectivity index (χ0) is 22.2. The van der Waals surface area contributed by atoms with Crippen LogP contribution in [0, 0.1) is 10.1 Å². The van der Waals surface area contributed by atoms with Crippen LogP contribution in [-0.4, -0.2) is 67.1 Å². The van der Waals surface area contributed by atoms with Crippen LogP contribution in [0.1, 0.15) is 10.4 Å². The summed E-state index contributed by atoms with van der Waals surface area (Å²) in [4.78, 5) is 35.9. The summed E-state index contributed by atoms with van der Waals surface area (Å²) in [6.45, 7) is 0.170. The van der Waals surface area contributed by atoms with Crippen molar-refractivity contribution in [3.05, 3.63) is 58.1 Å². The van der Waals surface area contributed by atoms with Gasteiger partial charge in [-0.05, 0) is 24.3 Å². The normalized spacial score (nSPS) is 16.8. The van der Waals surface area contributed by atoms with E-state index in [0.29, 0.717) is 17.0 Å². The van der Waals surface area contributed by atoms with Crippen molar-refractivity contribution in [1.82, 2.24) is 9.21 Å². The topological polar surface area (TPSA) is 139 Å². The minimum atomic E-state index is -4.08. The van der Waals surface area contributed by atoms with Gasteiger partial charge in [0.05, 0.1) is 10.6 Å². The standard InChI is InChI=1S/C19H18N4O7S/c24-18-12-30-16-6-5-13(11-14(16)20-18)19(25)21-7-9-22(10-8-21)31(28,29)17-4-2-1-3-15(17)23(26)27/h1-6,11H,7-10,12H2,(H,20,24). The number of para-hydroxylation sites is 1. The average Bonchev–Trinajstić information content (AvgIpc) is 2.78. The van der Waals surface area contributed by atoms with E-state index in [4.69, 9.17) is 4.74 Å². The van der Waals surface area contributed by atoms with Crippen LogP contribution in [-0.2, 0) is 14.8 Å². The molecule has 1 fully saturated rings. The number of ether oxygens (including phenoxy) is 1. The zero-order valence-corrected chi connectivity index (χ0v) is 17.0. The molecule has 0 atom stereocenters. The van der Waals surface area contributed by atoms with E-state index in [1.807, 2.05) is 0 Å². The van der Waals surface area contributed by atoms with Gasteiger partial charge in [0.25, 0.3) is 17.5 Å². The van der Waals surface area contributed by atoms with Gasteiger partial charge in [0.15, 0.2) is 11.5 Å². The number of carbonyl (C=O) groups is 2. The van der Waals surface area contributed by atoms with E-state index in [0.717, 1.165) is 10.4 Å². The summed E-state index contributed by atoms with van der Waals surface area (Å²) in [5, 5.41) is 13.8. The van der Waals surface area contributed by atoms with E-state index in [-0.39, 0.29) is 49.5 Å². The third kappa shape index (κ3) is 3.94. The van der Waals surface area contributed by atoms with Crippen molar-refractivity contribution in [3.8, 4) is 5.75 Å². The first-order valence-corrected chi connectivity index (χ1v) is 10.8. The maximum atomic E-state index is 12.9. The Morgan fingerprint density at radius 3 is 2.52 bits per heavy atom. The lowest BCUT2D eigenvalue weighted by molar-refractivity contribution is -0.387. The third-order valence-electron chi connectivity index (χ3n) is 5.06. The number of nitrogens with one attached hydrogen (secondary N) is 1. The quantitative estimate of drug-likeness (QED) is 0.547. The number of sulfonamides is 1. The minimum Gasteiger partial charge on any atom is -0.482 e. The van der Waals surface area contributed by atoms with Gasteiger partial charge >= 0.3 is 0 Å². The molecule has 2 aliphatic heterocycles. The van der Waals surface area contributed by atoms with Crippen molar-refractivity contribution < 1.29 is 27.7 Å². The van der Waals surface area contributed by atoms with E-state index in [9.17, 15) is 28.1 Å². The first-order chi connectivity index (χ1) is 14.8. The number of piperazine rings is 1. The molecule has 2 amide bonds. The molecular formula is C19H18N4O7S. The van der Waals surface area contributed by atoms with Crippen LogP contribution in [0.2, 0.25) is 0 Å². The number of hydrogen-bond donors (Lipinski definition) is 1. The number of rotatable bonds is 4. The van der Waals surface area contributed by atoms with Crippen molar-refractivity contribution in [3.63, 3.8) is 0 Å². The van der Waals surface area contributed by atoms with Crippen LogP contribution < -0.4 is 10.1 Å². The first-order valence-electron chi connectivity index (χ1n) is 9.37. The number of anilines is 1. The highest BCUT2D eigenvalue weighted by Gasteiger charge is 2.34. The second-order valence-electron chi connectivity index (χ2n) is 6.97. The summed E-state index contributed by atoms with van der Waals surface area (Å²) < 4.78 is 32.2. The molecule has 0 spiro atoms. The van der Waals surface area contributed by atoms with Crippen LogP contribution in [0.15, 0.2) is 47.4 Å². The lowest BCUT2D eigenvalue weighted by atomic mass is 10.1. The van der Waals surface area contributed by atoms with E-state index in [1.165, 1.54) is 29.2 Å². The number of fused-ring (bicyclic) bond motifs is 1. The SMILES string of the molecule is O=C1COc2ccc(C(=O)N3CCN(S(=O)(=O)c4ccccc4[N+](=O)[O-])CC3)cc2N1. The predicted octanol–water partition coefficient (Wildman–Crippen LogP) is 1.07. The Labute approximate surface area is 177 Å². The highest BCUT2D eigenvalue weighted by Crippen LogP contribution is 2.30. The molecule has 31 heavy (non-hydrogen) atoms. The van der Waals surface area contributed by atoms with E-state index in [1.54, 1.807) is 12.1 Å². The Morgan fingerprint density at radius 2 is 1.81 bits per heavy atom. The lowest BCUT2D eigenvalue weighted by Gasteiger charge is -2.34. The number of benzene rings is 2. The Kier molecular flexibility index (Phi) is 5.33. The van der Waals surface area contributed by atoms with E-state index < -0.39 is 20.6 Å². The van der Waals surface area contributed by atoms with E-state index >= 15 is 0 Å². The molecule has 0 unspecified atom stereocenters. The molecular weight excluding hydrogens is 428 g/mol. The second-order valence-corrected chi connectivity index (χ2v) is 8.88. The minimum absolute atomic E-state index is 0.00487. The molecule has 0 bridgehead atoms. The van der Waals surface area contributed by atoms with Crippen LogP contribution >= 0.6 is 0 Å². The molecule has 11 nitrogen and oxygen atoms in total. The lowest BCUT2D eigenvalue weighted by Crippen LogP contribution is -2.50. The summed E-state index contributed by atoms with van der Waals surface area (Å²) in [5.41, 5.74) is 0.249. The Bertz CT molecular complexity index is 1170. The van der Waals surface area contributed by atoms with Crippen molar-refractivity contribution in [2.75, 3.05) is 38.1 Å². The smallest absolute Gasteiger partial charge is 0.289 e. The fourth-order valence-electron chi connectivity index (χ4n) is 3.50. The van der Waals surface area contributed by atoms with E-state index in [2.05, 4.69) is 5.32 Å². The number of nitro groups is 1. The number of carbonyl (C=O) groups excluding carboxylic acids is 2. The second kappa shape index (κ2) is 7.96. The summed E-state index contributed by atoms with van der Waals surface area (Å²) in [5.74, 6) is -0.159. The van der Waals surface area contributed by atoms with Gasteiger partial charge in [-0.3, -0.25) is 19.7 Å². The number of nitrogens with zero attached hydrogens (tertiary/aromatic N) is 3. The largest absolute Gasteiger partial charge is 0.482 e. The molecule has 162 valence electrons. The van der Waals surface area contributed by atoms with Gasteiger partial charge in [-0.1, -0.05) is 12.1 Å². The molecule has 2 heterocycles. The van der Waals surface area contributed by atoms with Gasteiger partial charge in [0, 0.05) is 37.8 Å². The van der Waals surface area contributed by atoms with Crippen molar-refractivity contribution in [2.45, 2.75) is 4.90 Å². The zero-order valence-electron chi connectivity index (χ0n) is 16.2. The molecule has 1 N–H and O–H groups in total. The molecule has 2 aromatic carbocycles. The van der Waals surface area contributed by atoms with Crippen molar-refractivity contribution >= 4 is 33.2 Å². The van der Waals surface area contributed by atoms with Crippen molar-refractivity contribution in [2.24, 2.45) is 0 Å². The Balaban J connectivity index is 1.48. The number of amides is 2. The summed E-state index contributed by atoms with van der Waals surface area (Å²) in [6.07, 6.45) is 0. The molecule has 0 aromatic heterocycles. The predicted molar refractivity (Wildman–Crippen MR) is 108 cm³/mol. The number of nitro benzene ring substituents is 1. The van der Waals surface area contributed by atoms with Gasteiger partial charge in [-0.25, -0.2) is 8.42 Å². The molecule has 0 radical (unpaired) electrons. The molecule has 0 aliphatic carbocycles. The van der Waals surface area contributed by atoms with Crippen LogP contribution in [0.5, 0.6) is 5.75 Å². The third-order valence-corrected chi connectivity index (χ3v) is 7.01. The summed E-state index contributed by atoms with van der Waals surface area (Å²) in [7, 11) is -4.08. The van der Waals surface area contributed by atoms with Gasteiger partial charge < -0.3 is 15.0 Å². The first kappa shape index (κ1) is 20.8. The summed E-state index contributed by atoms with van der Waals surface area (Å²) >= 11 is 0. The summed E-state index contributed by atoms with van der Waals surface area (Å²) in [6, 6.07) is 9.87. The average molecular weight is 446 g/mol. The maximum Gasteiger partial charge on any atom is 0.289 e. The Hall–Kier alpha value is -3.51. The highest BCUT2D eigenvalue weighted by atomic mass is 32.2. The Morgan fingerprint density at radius 1 is 1.10 bits per heavy atom. The fourth-order valence-corrected chi connectivity index (χ4v) is 5.08. The van der Waals surface area contributed by atoms with Gasteiger partial charge in [-0.2, -0.15) is 4.31 Å². The molecule has 2 aliphatic rings. The van der Waals surface area contributed by atoms with Crippen LogP contribution in [0.25, 0.3) is 0 Å². The fraction of sp³-hybridized carbons (Fsp3) is 0.263. The van der Waals surface area contributed by atoms with Crippen LogP contribution in [0.3, 0.4) is 0 Å². The monoisotopic (exact) mass is 446 g/mol. The number of hydrogen-bond acceptors (Lipinski definition) is 7. The maximum absolute atomic E-state index is 12.9. The van der Waals surface area contributed by atoms with Crippen LogP contribution in [0.4, 0.5) is 11.4 Å². The van der Waals surface area contributed by atoms with Gasteiger partial charge in [-0.15, -0.1) is 0 Å². The molecule has 12 heteroatoms.